The smallest absolute Gasteiger partial charge is 0.125 e. The van der Waals surface area contributed by atoms with E-state index in [0.29, 0.717) is 5.56 Å². The Morgan fingerprint density at radius 1 is 1.20 bits per heavy atom. The van der Waals surface area contributed by atoms with E-state index < -0.39 is 0 Å². The predicted molar refractivity (Wildman–Crippen MR) is 78.8 cm³/mol. The Balaban J connectivity index is 2.06. The molecule has 0 bridgehead atoms. The molecule has 1 aliphatic rings. The molecule has 3 rings (SSSR count). The molecule has 0 amide bonds. The van der Waals surface area contributed by atoms with Crippen molar-refractivity contribution < 1.29 is 9.50 Å². The summed E-state index contributed by atoms with van der Waals surface area (Å²) in [6.45, 7) is 2.83. The number of aliphatic hydroxyl groups excluding tert-OH is 1. The summed E-state index contributed by atoms with van der Waals surface area (Å²) < 4.78 is 13.7. The molecular formula is C17H18FNO. The second-order valence-corrected chi connectivity index (χ2v) is 5.36. The van der Waals surface area contributed by atoms with Crippen LogP contribution in [0, 0.1) is 12.7 Å². The van der Waals surface area contributed by atoms with Crippen molar-refractivity contribution in [2.75, 3.05) is 11.4 Å². The number of hydrogen-bond donors (Lipinski definition) is 1. The second-order valence-electron chi connectivity index (χ2n) is 5.36. The fourth-order valence-electron chi connectivity index (χ4n) is 2.87. The van der Waals surface area contributed by atoms with E-state index in [1.807, 2.05) is 6.07 Å². The van der Waals surface area contributed by atoms with Crippen molar-refractivity contribution in [3.05, 3.63) is 58.9 Å². The van der Waals surface area contributed by atoms with Gasteiger partial charge in [0.05, 0.1) is 6.61 Å². The molecule has 0 saturated carbocycles. The van der Waals surface area contributed by atoms with Crippen molar-refractivity contribution in [3.8, 4) is 0 Å². The van der Waals surface area contributed by atoms with Crippen molar-refractivity contribution in [2.45, 2.75) is 26.4 Å². The first kappa shape index (κ1) is 13.1. The highest BCUT2D eigenvalue weighted by Gasteiger charge is 2.19. The molecule has 0 spiro atoms. The Morgan fingerprint density at radius 2 is 2.05 bits per heavy atom. The average Bonchev–Trinajstić information content (AvgIpc) is 2.45. The average molecular weight is 271 g/mol. The van der Waals surface area contributed by atoms with Gasteiger partial charge in [-0.25, -0.2) is 4.39 Å². The van der Waals surface area contributed by atoms with Gasteiger partial charge in [-0.2, -0.15) is 0 Å². The molecular weight excluding hydrogens is 253 g/mol. The first-order chi connectivity index (χ1) is 9.67. The summed E-state index contributed by atoms with van der Waals surface area (Å²) in [7, 11) is 0. The quantitative estimate of drug-likeness (QED) is 0.900. The number of hydrogen-bond acceptors (Lipinski definition) is 2. The van der Waals surface area contributed by atoms with Crippen LogP contribution in [0.4, 0.5) is 15.8 Å². The number of anilines is 2. The summed E-state index contributed by atoms with van der Waals surface area (Å²) in [4.78, 5) is 2.14. The molecule has 1 heterocycles. The Morgan fingerprint density at radius 3 is 2.85 bits per heavy atom. The van der Waals surface area contributed by atoms with Gasteiger partial charge in [-0.1, -0.05) is 17.7 Å². The van der Waals surface area contributed by atoms with Crippen LogP contribution >= 0.6 is 0 Å². The van der Waals surface area contributed by atoms with E-state index >= 15 is 0 Å². The van der Waals surface area contributed by atoms with Crippen LogP contribution in [0.25, 0.3) is 0 Å². The van der Waals surface area contributed by atoms with E-state index in [-0.39, 0.29) is 12.4 Å². The molecule has 20 heavy (non-hydrogen) atoms. The minimum Gasteiger partial charge on any atom is -0.392 e. The van der Waals surface area contributed by atoms with E-state index in [4.69, 9.17) is 0 Å². The Hall–Kier alpha value is -1.87. The molecule has 0 radical (unpaired) electrons. The van der Waals surface area contributed by atoms with Crippen LogP contribution in [0.2, 0.25) is 0 Å². The monoisotopic (exact) mass is 271 g/mol. The number of benzene rings is 2. The Bertz CT molecular complexity index is 639. The van der Waals surface area contributed by atoms with Crippen molar-refractivity contribution in [2.24, 2.45) is 0 Å². The molecule has 0 atom stereocenters. The van der Waals surface area contributed by atoms with Crippen LogP contribution in [0.3, 0.4) is 0 Å². The minimum absolute atomic E-state index is 0.140. The molecule has 104 valence electrons. The van der Waals surface area contributed by atoms with Crippen molar-refractivity contribution in [3.63, 3.8) is 0 Å². The lowest BCUT2D eigenvalue weighted by atomic mass is 9.98. The van der Waals surface area contributed by atoms with Gasteiger partial charge in [-0.3, -0.25) is 0 Å². The number of aryl methyl sites for hydroxylation is 2. The first-order valence-corrected chi connectivity index (χ1v) is 6.95. The summed E-state index contributed by atoms with van der Waals surface area (Å²) in [5.41, 5.74) is 5.14. The van der Waals surface area contributed by atoms with Crippen LogP contribution in [0.1, 0.15) is 23.1 Å². The number of aliphatic hydroxyl groups is 1. The number of rotatable bonds is 2. The standard InChI is InChI=1S/C17H18FNO/c1-12-4-5-17-14(7-12)3-2-6-19(17)16-9-13(11-20)8-15(18)10-16/h4-5,7-10,20H,2-3,6,11H2,1H3. The summed E-state index contributed by atoms with van der Waals surface area (Å²) in [5, 5.41) is 9.23. The maximum absolute atomic E-state index is 13.7. The number of halogens is 1. The van der Waals surface area contributed by atoms with E-state index in [9.17, 15) is 9.50 Å². The number of fused-ring (bicyclic) bond motifs is 1. The van der Waals surface area contributed by atoms with E-state index in [2.05, 4.69) is 30.0 Å². The third kappa shape index (κ3) is 2.41. The molecule has 2 nitrogen and oxygen atoms in total. The third-order valence-electron chi connectivity index (χ3n) is 3.79. The lowest BCUT2D eigenvalue weighted by molar-refractivity contribution is 0.281. The van der Waals surface area contributed by atoms with Crippen molar-refractivity contribution in [1.82, 2.24) is 0 Å². The minimum atomic E-state index is -0.300. The van der Waals surface area contributed by atoms with Crippen molar-refractivity contribution in [1.29, 1.82) is 0 Å². The summed E-state index contributed by atoms with van der Waals surface area (Å²) in [6, 6.07) is 11.2. The lowest BCUT2D eigenvalue weighted by Gasteiger charge is -2.32. The summed E-state index contributed by atoms with van der Waals surface area (Å²) in [5.74, 6) is -0.300. The molecule has 2 aromatic rings. The largest absolute Gasteiger partial charge is 0.392 e. The van der Waals surface area contributed by atoms with Crippen LogP contribution in [-0.2, 0) is 13.0 Å². The van der Waals surface area contributed by atoms with Gasteiger partial charge in [-0.05, 0) is 55.2 Å². The molecule has 0 fully saturated rings. The van der Waals surface area contributed by atoms with Gasteiger partial charge in [0.1, 0.15) is 5.82 Å². The van der Waals surface area contributed by atoms with Gasteiger partial charge in [0, 0.05) is 17.9 Å². The van der Waals surface area contributed by atoms with Gasteiger partial charge < -0.3 is 10.0 Å². The van der Waals surface area contributed by atoms with Crippen molar-refractivity contribution >= 4 is 11.4 Å². The van der Waals surface area contributed by atoms with Gasteiger partial charge in [0.25, 0.3) is 0 Å². The second kappa shape index (κ2) is 5.25. The summed E-state index contributed by atoms with van der Waals surface area (Å²) >= 11 is 0. The molecule has 0 aromatic heterocycles. The van der Waals surface area contributed by atoms with Gasteiger partial charge in [0.15, 0.2) is 0 Å². The lowest BCUT2D eigenvalue weighted by Crippen LogP contribution is -2.24. The maximum atomic E-state index is 13.7. The predicted octanol–water partition coefficient (Wildman–Crippen LogP) is 3.71. The van der Waals surface area contributed by atoms with E-state index in [0.717, 1.165) is 30.8 Å². The first-order valence-electron chi connectivity index (χ1n) is 6.95. The highest BCUT2D eigenvalue weighted by atomic mass is 19.1. The fraction of sp³-hybridized carbons (Fsp3) is 0.294. The molecule has 1 aliphatic heterocycles. The highest BCUT2D eigenvalue weighted by molar-refractivity contribution is 5.68. The molecule has 2 aromatic carbocycles. The molecule has 0 unspecified atom stereocenters. The maximum Gasteiger partial charge on any atom is 0.125 e. The zero-order valence-electron chi connectivity index (χ0n) is 11.6. The third-order valence-corrected chi connectivity index (χ3v) is 3.79. The van der Waals surface area contributed by atoms with Gasteiger partial charge in [0.2, 0.25) is 0 Å². The summed E-state index contributed by atoms with van der Waals surface area (Å²) in [6.07, 6.45) is 2.12. The number of nitrogens with zero attached hydrogens (tertiary/aromatic N) is 1. The molecule has 1 N–H and O–H groups in total. The molecule has 0 aliphatic carbocycles. The zero-order valence-corrected chi connectivity index (χ0v) is 11.6. The normalized spacial score (nSPS) is 14.2. The Labute approximate surface area is 118 Å². The topological polar surface area (TPSA) is 23.5 Å². The Kier molecular flexibility index (Phi) is 3.45. The van der Waals surface area contributed by atoms with Gasteiger partial charge in [-0.15, -0.1) is 0 Å². The van der Waals surface area contributed by atoms with Crippen LogP contribution in [0.15, 0.2) is 36.4 Å². The van der Waals surface area contributed by atoms with Crippen LogP contribution in [0.5, 0.6) is 0 Å². The molecule has 3 heteroatoms. The molecule has 0 saturated heterocycles. The zero-order chi connectivity index (χ0) is 14.1. The SMILES string of the molecule is Cc1ccc2c(c1)CCCN2c1cc(F)cc(CO)c1. The van der Waals surface area contributed by atoms with E-state index in [1.165, 1.54) is 23.3 Å². The van der Waals surface area contributed by atoms with Crippen LogP contribution < -0.4 is 4.90 Å². The fourth-order valence-corrected chi connectivity index (χ4v) is 2.87. The highest BCUT2D eigenvalue weighted by Crippen LogP contribution is 2.34. The van der Waals surface area contributed by atoms with Crippen LogP contribution in [-0.4, -0.2) is 11.7 Å². The van der Waals surface area contributed by atoms with E-state index in [1.54, 1.807) is 0 Å². The van der Waals surface area contributed by atoms with Gasteiger partial charge >= 0.3 is 0 Å².